The lowest BCUT2D eigenvalue weighted by atomic mass is 10.1. The Labute approximate surface area is 137 Å². The number of hydrazone groups is 1. The molecule has 24 heavy (non-hydrogen) atoms. The Morgan fingerprint density at radius 3 is 2.71 bits per heavy atom. The molecule has 0 spiro atoms. The van der Waals surface area contributed by atoms with Gasteiger partial charge in [0.2, 0.25) is 5.88 Å². The lowest BCUT2D eigenvalue weighted by Crippen LogP contribution is -2.27. The first-order valence-electron chi connectivity index (χ1n) is 6.94. The average Bonchev–Trinajstić information content (AvgIpc) is 2.56. The Morgan fingerprint density at radius 1 is 1.46 bits per heavy atom. The monoisotopic (exact) mass is 325 g/mol. The molecule has 8 heteroatoms. The Bertz CT molecular complexity index is 895. The minimum absolute atomic E-state index is 0.0879. The number of carbonyl (C=O) groups excluding carboxylic acids is 1. The molecule has 0 bridgehead atoms. The van der Waals surface area contributed by atoms with Gasteiger partial charge in [-0.15, -0.1) is 0 Å². The number of hydrogen-bond donors (Lipinski definition) is 3. The highest BCUT2D eigenvalue weighted by Gasteiger charge is 2.18. The molecule has 2 rings (SSSR count). The van der Waals surface area contributed by atoms with E-state index in [0.29, 0.717) is 0 Å². The molecule has 0 aliphatic rings. The van der Waals surface area contributed by atoms with Crippen LogP contribution >= 0.6 is 0 Å². The number of hydrogen-bond acceptors (Lipinski definition) is 5. The topological polar surface area (TPSA) is 133 Å². The molecule has 0 unspecified atom stereocenters. The van der Waals surface area contributed by atoms with Crippen molar-refractivity contribution >= 4 is 12.2 Å². The van der Waals surface area contributed by atoms with Crippen molar-refractivity contribution in [2.75, 3.05) is 0 Å². The molecule has 0 saturated heterocycles. The van der Waals surface area contributed by atoms with Crippen LogP contribution in [-0.2, 0) is 6.54 Å². The standard InChI is InChI=1S/C16H15N5O3/c1-10-12(7-17)14(22)21(9-11-5-3-2-4-6-11)15(23)13(10)8-19-20-16(18)24/h2-6,8,23H,9H2,1H3,(H3,18,20,24)/b19-8+. The third-order valence-corrected chi connectivity index (χ3v) is 3.40. The van der Waals surface area contributed by atoms with E-state index in [2.05, 4.69) is 5.10 Å². The average molecular weight is 325 g/mol. The zero-order chi connectivity index (χ0) is 17.7. The smallest absolute Gasteiger partial charge is 0.332 e. The summed E-state index contributed by atoms with van der Waals surface area (Å²) in [6.07, 6.45) is 1.14. The fraction of sp³-hybridized carbons (Fsp3) is 0.125. The van der Waals surface area contributed by atoms with Crippen LogP contribution in [-0.4, -0.2) is 21.9 Å². The third kappa shape index (κ3) is 3.41. The van der Waals surface area contributed by atoms with Crippen molar-refractivity contribution in [1.29, 1.82) is 5.26 Å². The summed E-state index contributed by atoms with van der Waals surface area (Å²) in [5.41, 5.74) is 7.39. The first-order valence-corrected chi connectivity index (χ1v) is 6.94. The zero-order valence-corrected chi connectivity index (χ0v) is 12.9. The van der Waals surface area contributed by atoms with Crippen LogP contribution in [0.3, 0.4) is 0 Å². The maximum atomic E-state index is 12.4. The molecule has 0 aliphatic carbocycles. The Balaban J connectivity index is 2.58. The highest BCUT2D eigenvalue weighted by molar-refractivity contribution is 5.86. The minimum atomic E-state index is -0.874. The van der Waals surface area contributed by atoms with Gasteiger partial charge >= 0.3 is 6.03 Å². The number of rotatable bonds is 4. The normalized spacial score (nSPS) is 10.5. The van der Waals surface area contributed by atoms with Gasteiger partial charge in [-0.1, -0.05) is 30.3 Å². The van der Waals surface area contributed by atoms with Crippen LogP contribution in [0.25, 0.3) is 0 Å². The number of aromatic hydroxyl groups is 1. The number of carbonyl (C=O) groups is 1. The maximum absolute atomic E-state index is 12.4. The second kappa shape index (κ2) is 7.11. The molecule has 0 aliphatic heterocycles. The van der Waals surface area contributed by atoms with E-state index < -0.39 is 11.6 Å². The van der Waals surface area contributed by atoms with Crippen LogP contribution < -0.4 is 16.7 Å². The second-order valence-electron chi connectivity index (χ2n) is 4.96. The maximum Gasteiger partial charge on any atom is 0.332 e. The summed E-state index contributed by atoms with van der Waals surface area (Å²) >= 11 is 0. The number of aromatic nitrogens is 1. The van der Waals surface area contributed by atoms with Crippen molar-refractivity contribution in [3.63, 3.8) is 0 Å². The van der Waals surface area contributed by atoms with Gasteiger partial charge in [-0.2, -0.15) is 10.4 Å². The number of nitrogens with two attached hydrogens (primary N) is 1. The van der Waals surface area contributed by atoms with Crippen molar-refractivity contribution in [3.05, 3.63) is 62.9 Å². The molecule has 4 N–H and O–H groups in total. The number of pyridine rings is 1. The fourth-order valence-electron chi connectivity index (χ4n) is 2.20. The van der Waals surface area contributed by atoms with E-state index in [1.54, 1.807) is 24.3 Å². The number of amides is 2. The van der Waals surface area contributed by atoms with Crippen molar-refractivity contribution in [1.82, 2.24) is 9.99 Å². The quantitative estimate of drug-likeness (QED) is 0.566. The van der Waals surface area contributed by atoms with Crippen LogP contribution in [0.2, 0.25) is 0 Å². The lowest BCUT2D eigenvalue weighted by Gasteiger charge is -2.14. The first-order chi connectivity index (χ1) is 11.5. The summed E-state index contributed by atoms with van der Waals surface area (Å²) in [7, 11) is 0. The second-order valence-corrected chi connectivity index (χ2v) is 4.96. The van der Waals surface area contributed by atoms with Gasteiger partial charge in [0.15, 0.2) is 0 Å². The molecular formula is C16H15N5O3. The van der Waals surface area contributed by atoms with Gasteiger partial charge in [-0.25, -0.2) is 10.2 Å². The van der Waals surface area contributed by atoms with Crippen molar-refractivity contribution < 1.29 is 9.90 Å². The number of nitriles is 1. The fourth-order valence-corrected chi connectivity index (χ4v) is 2.20. The van der Waals surface area contributed by atoms with Gasteiger partial charge in [0.05, 0.1) is 18.3 Å². The number of primary amides is 1. The zero-order valence-electron chi connectivity index (χ0n) is 12.9. The van der Waals surface area contributed by atoms with Crippen LogP contribution in [0.4, 0.5) is 4.79 Å². The predicted octanol–water partition coefficient (Wildman–Crippen LogP) is 0.785. The molecule has 0 saturated carbocycles. The van der Waals surface area contributed by atoms with E-state index in [-0.39, 0.29) is 29.1 Å². The van der Waals surface area contributed by atoms with Crippen molar-refractivity contribution in [3.8, 4) is 11.9 Å². The summed E-state index contributed by atoms with van der Waals surface area (Å²) in [5, 5.41) is 23.2. The van der Waals surface area contributed by atoms with E-state index in [0.717, 1.165) is 16.3 Å². The largest absolute Gasteiger partial charge is 0.494 e. The number of urea groups is 1. The van der Waals surface area contributed by atoms with E-state index in [1.165, 1.54) is 6.92 Å². The van der Waals surface area contributed by atoms with Gasteiger partial charge in [-0.3, -0.25) is 9.36 Å². The number of benzene rings is 1. The molecule has 1 heterocycles. The summed E-state index contributed by atoms with van der Waals surface area (Å²) < 4.78 is 1.08. The Kier molecular flexibility index (Phi) is 4.96. The van der Waals surface area contributed by atoms with Gasteiger partial charge in [0.25, 0.3) is 5.56 Å². The minimum Gasteiger partial charge on any atom is -0.494 e. The Morgan fingerprint density at radius 2 is 2.12 bits per heavy atom. The molecular weight excluding hydrogens is 310 g/mol. The van der Waals surface area contributed by atoms with Gasteiger partial charge < -0.3 is 10.8 Å². The first kappa shape index (κ1) is 16.8. The molecule has 8 nitrogen and oxygen atoms in total. The van der Waals surface area contributed by atoms with Crippen molar-refractivity contribution in [2.24, 2.45) is 10.8 Å². The predicted molar refractivity (Wildman–Crippen MR) is 87.7 cm³/mol. The third-order valence-electron chi connectivity index (χ3n) is 3.40. The van der Waals surface area contributed by atoms with Gasteiger partial charge in [0.1, 0.15) is 11.6 Å². The molecule has 122 valence electrons. The van der Waals surface area contributed by atoms with E-state index in [4.69, 9.17) is 5.73 Å². The van der Waals surface area contributed by atoms with E-state index >= 15 is 0 Å². The lowest BCUT2D eigenvalue weighted by molar-refractivity contribution is 0.249. The summed E-state index contributed by atoms with van der Waals surface area (Å²) in [5.74, 6) is -0.352. The van der Waals surface area contributed by atoms with Crippen LogP contribution in [0.15, 0.2) is 40.2 Å². The van der Waals surface area contributed by atoms with E-state index in [1.807, 2.05) is 17.6 Å². The molecule has 0 atom stereocenters. The Hall–Kier alpha value is -3.60. The molecule has 2 amide bonds. The van der Waals surface area contributed by atoms with Crippen LogP contribution in [0.1, 0.15) is 22.3 Å². The molecule has 1 aromatic carbocycles. The van der Waals surface area contributed by atoms with Crippen molar-refractivity contribution in [2.45, 2.75) is 13.5 Å². The van der Waals surface area contributed by atoms with Crippen LogP contribution in [0.5, 0.6) is 5.88 Å². The molecule has 2 aromatic rings. The summed E-state index contributed by atoms with van der Waals surface area (Å²) in [6, 6.07) is 9.98. The van der Waals surface area contributed by atoms with E-state index in [9.17, 15) is 20.0 Å². The van der Waals surface area contributed by atoms with Crippen LogP contribution in [0, 0.1) is 18.3 Å². The van der Waals surface area contributed by atoms with Gasteiger partial charge in [-0.05, 0) is 18.1 Å². The molecule has 0 fully saturated rings. The SMILES string of the molecule is Cc1c(/C=N/NC(N)=O)c(O)n(Cc2ccccc2)c(=O)c1C#N. The highest BCUT2D eigenvalue weighted by Crippen LogP contribution is 2.20. The van der Waals surface area contributed by atoms with Gasteiger partial charge in [0, 0.05) is 0 Å². The number of nitrogens with zero attached hydrogens (tertiary/aromatic N) is 3. The summed E-state index contributed by atoms with van der Waals surface area (Å²) in [6.45, 7) is 1.60. The highest BCUT2D eigenvalue weighted by atomic mass is 16.3. The number of nitrogens with one attached hydrogen (secondary N) is 1. The molecule has 1 aromatic heterocycles. The summed E-state index contributed by atoms with van der Waals surface area (Å²) in [4.78, 5) is 23.1. The molecule has 0 radical (unpaired) electrons.